The average molecular weight is 298 g/mol. The van der Waals surface area contributed by atoms with Crippen LogP contribution in [-0.2, 0) is 15.7 Å². The van der Waals surface area contributed by atoms with Gasteiger partial charge in [-0.1, -0.05) is 6.07 Å². The van der Waals surface area contributed by atoms with Gasteiger partial charge < -0.3 is 9.64 Å². The number of carbonyl (C=O) groups excluding carboxylic acids is 1. The van der Waals surface area contributed by atoms with Gasteiger partial charge in [0.1, 0.15) is 12.3 Å². The van der Waals surface area contributed by atoms with Crippen molar-refractivity contribution < 1.29 is 22.7 Å². The van der Waals surface area contributed by atoms with Crippen LogP contribution >= 0.6 is 0 Å². The smallest absolute Gasteiger partial charge is 0.416 e. The number of carbonyl (C=O) groups is 1. The molecule has 0 heterocycles. The van der Waals surface area contributed by atoms with Gasteiger partial charge in [-0.25, -0.2) is 0 Å². The first-order valence-electron chi connectivity index (χ1n) is 5.98. The van der Waals surface area contributed by atoms with Crippen molar-refractivity contribution in [3.05, 3.63) is 41.7 Å². The molecule has 0 fully saturated rings. The minimum Gasteiger partial charge on any atom is -0.500 e. The highest BCUT2D eigenvalue weighted by molar-refractivity contribution is 6.07. The summed E-state index contributed by atoms with van der Waals surface area (Å²) >= 11 is 0. The molecule has 0 N–H and O–H groups in total. The number of rotatable bonds is 4. The SMILES string of the molecule is CCO/C=C(/C#N)C(=O)N(C)c1cccc(C(F)(F)F)c1. The lowest BCUT2D eigenvalue weighted by Crippen LogP contribution is -2.27. The number of anilines is 1. The molecule has 1 aromatic carbocycles. The van der Waals surface area contributed by atoms with E-state index in [0.717, 1.165) is 23.3 Å². The van der Waals surface area contributed by atoms with Gasteiger partial charge in [-0.2, -0.15) is 18.4 Å². The Hall–Kier alpha value is -2.49. The number of ether oxygens (including phenoxy) is 1. The lowest BCUT2D eigenvalue weighted by molar-refractivity contribution is -0.137. The standard InChI is InChI=1S/C14H13F3N2O2/c1-3-21-9-10(8-18)13(20)19(2)12-6-4-5-11(7-12)14(15,16)17/h4-7,9H,3H2,1-2H3/b10-9-. The predicted octanol–water partition coefficient (Wildman–Crippen LogP) is 3.11. The van der Waals surface area contributed by atoms with Crippen molar-refractivity contribution in [2.24, 2.45) is 0 Å². The molecule has 0 aliphatic carbocycles. The second-order valence-corrected chi connectivity index (χ2v) is 4.01. The summed E-state index contributed by atoms with van der Waals surface area (Å²) in [6.45, 7) is 1.94. The lowest BCUT2D eigenvalue weighted by atomic mass is 10.1. The van der Waals surface area contributed by atoms with Crippen LogP contribution in [0, 0.1) is 11.3 Å². The number of benzene rings is 1. The molecule has 0 spiro atoms. The second-order valence-electron chi connectivity index (χ2n) is 4.01. The van der Waals surface area contributed by atoms with Crippen LogP contribution in [0.2, 0.25) is 0 Å². The summed E-state index contributed by atoms with van der Waals surface area (Å²) in [6, 6.07) is 5.95. The Morgan fingerprint density at radius 1 is 1.48 bits per heavy atom. The molecule has 0 aliphatic heterocycles. The van der Waals surface area contributed by atoms with E-state index >= 15 is 0 Å². The van der Waals surface area contributed by atoms with Gasteiger partial charge in [-0.15, -0.1) is 0 Å². The van der Waals surface area contributed by atoms with Gasteiger partial charge in [0, 0.05) is 12.7 Å². The number of halogens is 3. The summed E-state index contributed by atoms with van der Waals surface area (Å²) in [7, 11) is 1.29. The predicted molar refractivity (Wildman–Crippen MR) is 70.2 cm³/mol. The third kappa shape index (κ3) is 4.24. The molecule has 21 heavy (non-hydrogen) atoms. The Labute approximate surface area is 120 Å². The fourth-order valence-electron chi connectivity index (χ4n) is 1.48. The molecule has 0 radical (unpaired) electrons. The van der Waals surface area contributed by atoms with Crippen molar-refractivity contribution in [1.29, 1.82) is 5.26 Å². The van der Waals surface area contributed by atoms with Crippen LogP contribution in [0.4, 0.5) is 18.9 Å². The van der Waals surface area contributed by atoms with E-state index in [-0.39, 0.29) is 17.9 Å². The molecule has 0 saturated heterocycles. The fourth-order valence-corrected chi connectivity index (χ4v) is 1.48. The maximum atomic E-state index is 12.6. The Morgan fingerprint density at radius 3 is 2.67 bits per heavy atom. The van der Waals surface area contributed by atoms with E-state index < -0.39 is 17.6 Å². The molecule has 112 valence electrons. The van der Waals surface area contributed by atoms with Crippen LogP contribution in [0.1, 0.15) is 12.5 Å². The second kappa shape index (κ2) is 6.79. The zero-order valence-corrected chi connectivity index (χ0v) is 11.4. The van der Waals surface area contributed by atoms with Crippen molar-refractivity contribution >= 4 is 11.6 Å². The summed E-state index contributed by atoms with van der Waals surface area (Å²) in [5, 5.41) is 8.88. The van der Waals surface area contributed by atoms with E-state index in [9.17, 15) is 18.0 Å². The van der Waals surface area contributed by atoms with E-state index in [0.29, 0.717) is 0 Å². The highest BCUT2D eigenvalue weighted by atomic mass is 19.4. The number of nitrogens with zero attached hydrogens (tertiary/aromatic N) is 2. The van der Waals surface area contributed by atoms with Crippen LogP contribution in [0.15, 0.2) is 36.1 Å². The minimum atomic E-state index is -4.50. The number of amides is 1. The molecule has 0 saturated carbocycles. The lowest BCUT2D eigenvalue weighted by Gasteiger charge is -2.18. The van der Waals surface area contributed by atoms with Crippen LogP contribution in [0.25, 0.3) is 0 Å². The summed E-state index contributed by atoms with van der Waals surface area (Å²) in [5.74, 6) is -0.745. The molecule has 4 nitrogen and oxygen atoms in total. The number of nitriles is 1. The number of hydrogen-bond donors (Lipinski definition) is 0. The van der Waals surface area contributed by atoms with Crippen molar-refractivity contribution in [3.8, 4) is 6.07 Å². The molecule has 1 aromatic rings. The molecule has 1 amide bonds. The van der Waals surface area contributed by atoms with Gasteiger partial charge in [0.15, 0.2) is 5.57 Å². The Balaban J connectivity index is 3.06. The van der Waals surface area contributed by atoms with Crippen molar-refractivity contribution in [3.63, 3.8) is 0 Å². The quantitative estimate of drug-likeness (QED) is 0.487. The van der Waals surface area contributed by atoms with E-state index in [1.807, 2.05) is 0 Å². The summed E-state index contributed by atoms with van der Waals surface area (Å²) in [6.07, 6.45) is -3.51. The Bertz CT molecular complexity index is 589. The molecular weight excluding hydrogens is 285 g/mol. The highest BCUT2D eigenvalue weighted by Gasteiger charge is 2.31. The van der Waals surface area contributed by atoms with E-state index in [1.54, 1.807) is 13.0 Å². The topological polar surface area (TPSA) is 53.3 Å². The molecule has 0 aliphatic rings. The number of hydrogen-bond acceptors (Lipinski definition) is 3. The Morgan fingerprint density at radius 2 is 2.14 bits per heavy atom. The van der Waals surface area contributed by atoms with Gasteiger partial charge >= 0.3 is 6.18 Å². The zero-order valence-electron chi connectivity index (χ0n) is 11.4. The van der Waals surface area contributed by atoms with E-state index in [2.05, 4.69) is 0 Å². The normalized spacial score (nSPS) is 11.7. The average Bonchev–Trinajstić information content (AvgIpc) is 2.46. The van der Waals surface area contributed by atoms with Crippen LogP contribution in [0.5, 0.6) is 0 Å². The van der Waals surface area contributed by atoms with Gasteiger partial charge in [-0.05, 0) is 25.1 Å². The van der Waals surface area contributed by atoms with Crippen molar-refractivity contribution in [2.45, 2.75) is 13.1 Å². The third-order valence-corrected chi connectivity index (χ3v) is 2.58. The van der Waals surface area contributed by atoms with E-state index in [4.69, 9.17) is 10.00 Å². The van der Waals surface area contributed by atoms with Crippen LogP contribution in [-0.4, -0.2) is 19.6 Å². The van der Waals surface area contributed by atoms with Crippen molar-refractivity contribution in [2.75, 3.05) is 18.6 Å². The zero-order chi connectivity index (χ0) is 16.0. The number of likely N-dealkylation sites (N-methyl/N-ethyl adjacent to an activating group) is 1. The molecule has 0 aromatic heterocycles. The highest BCUT2D eigenvalue weighted by Crippen LogP contribution is 2.31. The van der Waals surface area contributed by atoms with Gasteiger partial charge in [0.25, 0.3) is 5.91 Å². The van der Waals surface area contributed by atoms with Gasteiger partial charge in [-0.3, -0.25) is 4.79 Å². The molecule has 7 heteroatoms. The largest absolute Gasteiger partial charge is 0.500 e. The number of alkyl halides is 3. The molecular formula is C14H13F3N2O2. The summed E-state index contributed by atoms with van der Waals surface area (Å²) in [5.41, 5.74) is -1.13. The van der Waals surface area contributed by atoms with Crippen LogP contribution < -0.4 is 4.90 Å². The first-order valence-corrected chi connectivity index (χ1v) is 5.98. The molecule has 0 bridgehead atoms. The summed E-state index contributed by atoms with van der Waals surface area (Å²) in [4.78, 5) is 13.0. The molecule has 1 rings (SSSR count). The maximum absolute atomic E-state index is 12.6. The molecule has 0 unspecified atom stereocenters. The van der Waals surface area contributed by atoms with Crippen LogP contribution in [0.3, 0.4) is 0 Å². The minimum absolute atomic E-state index is 0.0347. The molecule has 0 atom stereocenters. The monoisotopic (exact) mass is 298 g/mol. The summed E-state index contributed by atoms with van der Waals surface area (Å²) < 4.78 is 42.8. The van der Waals surface area contributed by atoms with Gasteiger partial charge in [0.05, 0.1) is 12.2 Å². The first kappa shape index (κ1) is 16.6. The third-order valence-electron chi connectivity index (χ3n) is 2.58. The van der Waals surface area contributed by atoms with Gasteiger partial charge in [0.2, 0.25) is 0 Å². The Kier molecular flexibility index (Phi) is 5.36. The van der Waals surface area contributed by atoms with Crippen molar-refractivity contribution in [1.82, 2.24) is 0 Å². The first-order chi connectivity index (χ1) is 9.81. The fraction of sp³-hybridized carbons (Fsp3) is 0.286. The maximum Gasteiger partial charge on any atom is 0.416 e. The van der Waals surface area contributed by atoms with E-state index in [1.165, 1.54) is 19.2 Å².